The third kappa shape index (κ3) is 1.78. The Hall–Kier alpha value is -1.44. The summed E-state index contributed by atoms with van der Waals surface area (Å²) in [7, 11) is 0. The van der Waals surface area contributed by atoms with Crippen molar-refractivity contribution >= 4 is 10.9 Å². The van der Waals surface area contributed by atoms with Gasteiger partial charge in [-0.05, 0) is 12.1 Å². The topological polar surface area (TPSA) is 25.8 Å². The molecule has 0 bridgehead atoms. The second-order valence-electron chi connectivity index (χ2n) is 2.07. The van der Waals surface area contributed by atoms with Crippen molar-refractivity contribution in [2.45, 2.75) is 13.8 Å². The lowest BCUT2D eigenvalue weighted by molar-refractivity contribution is 1.31. The van der Waals surface area contributed by atoms with Crippen LogP contribution in [0, 0.1) is 0 Å². The van der Waals surface area contributed by atoms with E-state index >= 15 is 0 Å². The molecule has 2 aromatic rings. The van der Waals surface area contributed by atoms with Crippen molar-refractivity contribution in [3.8, 4) is 0 Å². The summed E-state index contributed by atoms with van der Waals surface area (Å²) in [5, 5.41) is 1.14. The summed E-state index contributed by atoms with van der Waals surface area (Å²) in [5.41, 5.74) is 0.949. The minimum absolute atomic E-state index is 0.949. The average molecular weight is 160 g/mol. The van der Waals surface area contributed by atoms with Crippen molar-refractivity contribution in [2.24, 2.45) is 0 Å². The van der Waals surface area contributed by atoms with E-state index in [4.69, 9.17) is 0 Å². The van der Waals surface area contributed by atoms with Crippen LogP contribution in [0.25, 0.3) is 10.9 Å². The molecule has 0 spiro atoms. The van der Waals surface area contributed by atoms with E-state index in [0.29, 0.717) is 0 Å². The van der Waals surface area contributed by atoms with Gasteiger partial charge in [0.1, 0.15) is 0 Å². The highest BCUT2D eigenvalue weighted by Gasteiger charge is 1.87. The summed E-state index contributed by atoms with van der Waals surface area (Å²) in [4.78, 5) is 8.07. The van der Waals surface area contributed by atoms with E-state index in [0.717, 1.165) is 10.9 Å². The molecule has 0 aliphatic carbocycles. The van der Waals surface area contributed by atoms with Crippen molar-refractivity contribution in [3.05, 3.63) is 36.8 Å². The lowest BCUT2D eigenvalue weighted by Gasteiger charge is -1.90. The van der Waals surface area contributed by atoms with Gasteiger partial charge in [0.15, 0.2) is 0 Å². The number of pyridine rings is 2. The molecular weight excluding hydrogens is 148 g/mol. The van der Waals surface area contributed by atoms with Gasteiger partial charge in [-0.2, -0.15) is 0 Å². The largest absolute Gasteiger partial charge is 0.262 e. The summed E-state index contributed by atoms with van der Waals surface area (Å²) < 4.78 is 0. The molecule has 0 atom stereocenters. The van der Waals surface area contributed by atoms with Crippen molar-refractivity contribution in [2.75, 3.05) is 0 Å². The van der Waals surface area contributed by atoms with Crippen LogP contribution in [-0.4, -0.2) is 9.97 Å². The quantitative estimate of drug-likeness (QED) is 0.592. The van der Waals surface area contributed by atoms with Crippen LogP contribution in [0.1, 0.15) is 13.8 Å². The molecule has 2 rings (SSSR count). The van der Waals surface area contributed by atoms with E-state index in [2.05, 4.69) is 9.97 Å². The van der Waals surface area contributed by atoms with Crippen molar-refractivity contribution in [1.82, 2.24) is 9.97 Å². The van der Waals surface area contributed by atoms with Crippen LogP contribution in [0.4, 0.5) is 0 Å². The SMILES string of the molecule is CC.c1cnc2cnccc2c1. The maximum Gasteiger partial charge on any atom is 0.0885 e. The fourth-order valence-corrected chi connectivity index (χ4v) is 0.916. The molecular formula is C10H12N2. The van der Waals surface area contributed by atoms with Gasteiger partial charge >= 0.3 is 0 Å². The van der Waals surface area contributed by atoms with Crippen LogP contribution >= 0.6 is 0 Å². The molecule has 0 fully saturated rings. The number of fused-ring (bicyclic) bond motifs is 1. The summed E-state index contributed by atoms with van der Waals surface area (Å²) in [6.45, 7) is 4.00. The second-order valence-corrected chi connectivity index (χ2v) is 2.07. The van der Waals surface area contributed by atoms with E-state index < -0.39 is 0 Å². The van der Waals surface area contributed by atoms with Crippen molar-refractivity contribution in [3.63, 3.8) is 0 Å². The molecule has 62 valence electrons. The first-order valence-corrected chi connectivity index (χ1v) is 4.11. The smallest absolute Gasteiger partial charge is 0.0885 e. The third-order valence-corrected chi connectivity index (χ3v) is 1.41. The minimum atomic E-state index is 0.949. The van der Waals surface area contributed by atoms with Crippen LogP contribution in [0.3, 0.4) is 0 Å². The normalized spacial score (nSPS) is 8.83. The third-order valence-electron chi connectivity index (χ3n) is 1.41. The summed E-state index contributed by atoms with van der Waals surface area (Å²) >= 11 is 0. The zero-order chi connectivity index (χ0) is 8.81. The molecule has 2 heterocycles. The highest BCUT2D eigenvalue weighted by Crippen LogP contribution is 2.05. The maximum atomic E-state index is 4.12. The number of hydrogen-bond acceptors (Lipinski definition) is 2. The maximum absolute atomic E-state index is 4.12. The first-order valence-electron chi connectivity index (χ1n) is 4.11. The minimum Gasteiger partial charge on any atom is -0.262 e. The van der Waals surface area contributed by atoms with Crippen LogP contribution in [0.2, 0.25) is 0 Å². The zero-order valence-electron chi connectivity index (χ0n) is 7.36. The molecule has 0 aliphatic heterocycles. The van der Waals surface area contributed by atoms with Crippen molar-refractivity contribution < 1.29 is 0 Å². The Bertz CT molecular complexity index is 279. The summed E-state index contributed by atoms with van der Waals surface area (Å²) in [6.07, 6.45) is 5.30. The van der Waals surface area contributed by atoms with Gasteiger partial charge in [-0.25, -0.2) is 0 Å². The first-order chi connectivity index (χ1) is 5.97. The van der Waals surface area contributed by atoms with Gasteiger partial charge in [-0.1, -0.05) is 19.9 Å². The Morgan fingerprint density at radius 1 is 1.08 bits per heavy atom. The average Bonchev–Trinajstić information content (AvgIpc) is 2.21. The number of nitrogens with zero attached hydrogens (tertiary/aromatic N) is 2. The summed E-state index contributed by atoms with van der Waals surface area (Å²) in [5.74, 6) is 0. The molecule has 0 N–H and O–H groups in total. The van der Waals surface area contributed by atoms with Crippen LogP contribution in [0.5, 0.6) is 0 Å². The molecule has 2 heteroatoms. The molecule has 0 saturated heterocycles. The Kier molecular flexibility index (Phi) is 3.20. The number of aromatic nitrogens is 2. The molecule has 0 unspecified atom stereocenters. The molecule has 0 aromatic carbocycles. The monoisotopic (exact) mass is 160 g/mol. The zero-order valence-corrected chi connectivity index (χ0v) is 7.36. The highest BCUT2D eigenvalue weighted by atomic mass is 14.7. The highest BCUT2D eigenvalue weighted by molar-refractivity contribution is 5.76. The van der Waals surface area contributed by atoms with Gasteiger partial charge in [-0.3, -0.25) is 9.97 Å². The summed E-state index contributed by atoms with van der Waals surface area (Å²) in [6, 6.07) is 5.88. The van der Waals surface area contributed by atoms with Gasteiger partial charge < -0.3 is 0 Å². The second kappa shape index (κ2) is 4.44. The Balaban J connectivity index is 0.000000336. The van der Waals surface area contributed by atoms with E-state index in [1.807, 2.05) is 32.0 Å². The first kappa shape index (κ1) is 8.65. The van der Waals surface area contributed by atoms with E-state index in [9.17, 15) is 0 Å². The van der Waals surface area contributed by atoms with Crippen molar-refractivity contribution in [1.29, 1.82) is 0 Å². The molecule has 0 aliphatic rings. The fraction of sp³-hybridized carbons (Fsp3) is 0.200. The van der Waals surface area contributed by atoms with Gasteiger partial charge in [0.25, 0.3) is 0 Å². The predicted octanol–water partition coefficient (Wildman–Crippen LogP) is 2.66. The predicted molar refractivity (Wildman–Crippen MR) is 50.9 cm³/mol. The molecule has 0 amide bonds. The van der Waals surface area contributed by atoms with Gasteiger partial charge in [-0.15, -0.1) is 0 Å². The lowest BCUT2D eigenvalue weighted by atomic mass is 10.3. The number of hydrogen-bond donors (Lipinski definition) is 0. The van der Waals surface area contributed by atoms with Crippen LogP contribution in [0.15, 0.2) is 36.8 Å². The molecule has 0 saturated carbocycles. The Morgan fingerprint density at radius 2 is 1.92 bits per heavy atom. The molecule has 2 aromatic heterocycles. The molecule has 0 radical (unpaired) electrons. The lowest BCUT2D eigenvalue weighted by Crippen LogP contribution is -1.76. The van der Waals surface area contributed by atoms with E-state index in [-0.39, 0.29) is 0 Å². The number of rotatable bonds is 0. The van der Waals surface area contributed by atoms with Crippen LogP contribution in [-0.2, 0) is 0 Å². The fourth-order valence-electron chi connectivity index (χ4n) is 0.916. The van der Waals surface area contributed by atoms with Crippen LogP contribution < -0.4 is 0 Å². The molecule has 12 heavy (non-hydrogen) atoms. The molecule has 2 nitrogen and oxygen atoms in total. The van der Waals surface area contributed by atoms with E-state index in [1.165, 1.54) is 0 Å². The Morgan fingerprint density at radius 3 is 2.67 bits per heavy atom. The standard InChI is InChI=1S/C8H6N2.C2H6/c1-2-7-3-5-9-6-8(7)10-4-1;1-2/h1-6H;1-2H3. The van der Waals surface area contributed by atoms with Gasteiger partial charge in [0.05, 0.1) is 11.7 Å². The van der Waals surface area contributed by atoms with Gasteiger partial charge in [0.2, 0.25) is 0 Å². The van der Waals surface area contributed by atoms with Gasteiger partial charge in [0, 0.05) is 17.8 Å². The Labute approximate surface area is 72.3 Å². The van der Waals surface area contributed by atoms with E-state index in [1.54, 1.807) is 18.6 Å².